The summed E-state index contributed by atoms with van der Waals surface area (Å²) in [6, 6.07) is 13.4. The smallest absolute Gasteiger partial charge is 0.187 e. The monoisotopic (exact) mass is 287 g/mol. The molecule has 0 spiro atoms. The number of carbonyl (C=O) groups excluding carboxylic acids is 1. The SMILES string of the molecule is CC(=CC(=O)c1ccc(Cl)cc1)Nc1ccc(O)cc1. The molecule has 0 amide bonds. The molecule has 0 heterocycles. The Kier molecular flexibility index (Phi) is 4.43. The van der Waals surface area contributed by atoms with Crippen LogP contribution in [0.25, 0.3) is 0 Å². The first-order valence-electron chi connectivity index (χ1n) is 6.09. The number of allylic oxidation sites excluding steroid dienone is 2. The number of halogens is 1. The lowest BCUT2D eigenvalue weighted by molar-refractivity contribution is 0.104. The van der Waals surface area contributed by atoms with Crippen LogP contribution in [0.1, 0.15) is 17.3 Å². The lowest BCUT2D eigenvalue weighted by atomic mass is 10.1. The molecule has 20 heavy (non-hydrogen) atoms. The molecule has 3 nitrogen and oxygen atoms in total. The van der Waals surface area contributed by atoms with Gasteiger partial charge >= 0.3 is 0 Å². The van der Waals surface area contributed by atoms with Gasteiger partial charge in [-0.15, -0.1) is 0 Å². The number of carbonyl (C=O) groups is 1. The number of phenols is 1. The quantitative estimate of drug-likeness (QED) is 0.502. The van der Waals surface area contributed by atoms with E-state index in [1.54, 1.807) is 55.5 Å². The Morgan fingerprint density at radius 1 is 1.10 bits per heavy atom. The van der Waals surface area contributed by atoms with Gasteiger partial charge in [0, 0.05) is 28.0 Å². The normalized spacial score (nSPS) is 11.2. The number of hydrogen-bond acceptors (Lipinski definition) is 3. The minimum absolute atomic E-state index is 0.0922. The number of hydrogen-bond donors (Lipinski definition) is 2. The van der Waals surface area contributed by atoms with Crippen LogP contribution >= 0.6 is 11.6 Å². The van der Waals surface area contributed by atoms with E-state index in [4.69, 9.17) is 11.6 Å². The van der Waals surface area contributed by atoms with Crippen molar-refractivity contribution >= 4 is 23.1 Å². The molecule has 4 heteroatoms. The van der Waals surface area contributed by atoms with Crippen LogP contribution in [0.4, 0.5) is 5.69 Å². The average molecular weight is 288 g/mol. The van der Waals surface area contributed by atoms with Crippen molar-refractivity contribution in [2.45, 2.75) is 6.92 Å². The Labute approximate surface area is 122 Å². The molecule has 0 bridgehead atoms. The van der Waals surface area contributed by atoms with Crippen molar-refractivity contribution in [2.24, 2.45) is 0 Å². The Morgan fingerprint density at radius 2 is 1.70 bits per heavy atom. The van der Waals surface area contributed by atoms with Gasteiger partial charge in [-0.3, -0.25) is 4.79 Å². The van der Waals surface area contributed by atoms with E-state index in [0.29, 0.717) is 10.6 Å². The van der Waals surface area contributed by atoms with Gasteiger partial charge in [0.05, 0.1) is 0 Å². The second-order valence-corrected chi connectivity index (χ2v) is 4.81. The van der Waals surface area contributed by atoms with Gasteiger partial charge in [0.1, 0.15) is 5.75 Å². The number of benzene rings is 2. The number of aromatic hydroxyl groups is 1. The zero-order valence-corrected chi connectivity index (χ0v) is 11.7. The fraction of sp³-hybridized carbons (Fsp3) is 0.0625. The third kappa shape index (κ3) is 3.87. The lowest BCUT2D eigenvalue weighted by Gasteiger charge is -2.06. The van der Waals surface area contributed by atoms with E-state index < -0.39 is 0 Å². The zero-order valence-electron chi connectivity index (χ0n) is 10.9. The highest BCUT2D eigenvalue weighted by Gasteiger charge is 2.03. The van der Waals surface area contributed by atoms with Crippen LogP contribution in [0.2, 0.25) is 5.02 Å². The number of anilines is 1. The largest absolute Gasteiger partial charge is 0.508 e. The van der Waals surface area contributed by atoms with Gasteiger partial charge in [-0.25, -0.2) is 0 Å². The van der Waals surface area contributed by atoms with E-state index in [2.05, 4.69) is 5.32 Å². The number of rotatable bonds is 4. The Morgan fingerprint density at radius 3 is 2.30 bits per heavy atom. The fourth-order valence-corrected chi connectivity index (χ4v) is 1.83. The summed E-state index contributed by atoms with van der Waals surface area (Å²) in [5.41, 5.74) is 2.11. The summed E-state index contributed by atoms with van der Waals surface area (Å²) in [6.07, 6.45) is 1.52. The van der Waals surface area contributed by atoms with E-state index in [9.17, 15) is 9.90 Å². The van der Waals surface area contributed by atoms with Crippen molar-refractivity contribution in [1.29, 1.82) is 0 Å². The molecule has 0 aromatic heterocycles. The minimum Gasteiger partial charge on any atom is -0.508 e. The van der Waals surface area contributed by atoms with Gasteiger partial charge in [-0.2, -0.15) is 0 Å². The van der Waals surface area contributed by atoms with Gasteiger partial charge in [-0.1, -0.05) is 11.6 Å². The standard InChI is InChI=1S/C16H14ClNO2/c1-11(18-14-6-8-15(19)9-7-14)10-16(20)12-2-4-13(17)5-3-12/h2-10,18-19H,1H3. The summed E-state index contributed by atoms with van der Waals surface area (Å²) in [5.74, 6) is 0.111. The number of nitrogens with one attached hydrogen (secondary N) is 1. The molecule has 0 fully saturated rings. The molecule has 0 aliphatic carbocycles. The summed E-state index contributed by atoms with van der Waals surface area (Å²) < 4.78 is 0. The molecule has 0 aliphatic rings. The van der Waals surface area contributed by atoms with Crippen LogP contribution in [0.15, 0.2) is 60.3 Å². The molecule has 2 N–H and O–H groups in total. The van der Waals surface area contributed by atoms with Crippen LogP contribution in [-0.2, 0) is 0 Å². The van der Waals surface area contributed by atoms with Crippen molar-refractivity contribution in [1.82, 2.24) is 0 Å². The van der Waals surface area contributed by atoms with Crippen molar-refractivity contribution in [3.05, 3.63) is 70.9 Å². The molecule has 102 valence electrons. The maximum Gasteiger partial charge on any atom is 0.187 e. The third-order valence-corrected chi connectivity index (χ3v) is 2.94. The van der Waals surface area contributed by atoms with E-state index in [-0.39, 0.29) is 11.5 Å². The van der Waals surface area contributed by atoms with Crippen molar-refractivity contribution in [3.63, 3.8) is 0 Å². The van der Waals surface area contributed by atoms with Crippen molar-refractivity contribution < 1.29 is 9.90 Å². The second-order valence-electron chi connectivity index (χ2n) is 4.37. The summed E-state index contributed by atoms with van der Waals surface area (Å²) in [6.45, 7) is 1.81. The molecule has 2 rings (SSSR count). The maximum absolute atomic E-state index is 12.0. The predicted octanol–water partition coefficient (Wildman–Crippen LogP) is 4.24. The molecule has 0 saturated heterocycles. The van der Waals surface area contributed by atoms with Crippen LogP contribution in [0, 0.1) is 0 Å². The second kappa shape index (κ2) is 6.26. The first kappa shape index (κ1) is 14.2. The molecule has 0 unspecified atom stereocenters. The molecule has 0 saturated carbocycles. The molecular formula is C16H14ClNO2. The summed E-state index contributed by atoms with van der Waals surface area (Å²) in [7, 11) is 0. The van der Waals surface area contributed by atoms with Gasteiger partial charge in [-0.05, 0) is 55.5 Å². The molecule has 2 aromatic carbocycles. The average Bonchev–Trinajstić information content (AvgIpc) is 2.42. The molecule has 0 radical (unpaired) electrons. The third-order valence-electron chi connectivity index (χ3n) is 2.69. The summed E-state index contributed by atoms with van der Waals surface area (Å²) in [4.78, 5) is 12.0. The van der Waals surface area contributed by atoms with E-state index >= 15 is 0 Å². The highest BCUT2D eigenvalue weighted by molar-refractivity contribution is 6.30. The summed E-state index contributed by atoms with van der Waals surface area (Å²) in [5, 5.41) is 12.9. The summed E-state index contributed by atoms with van der Waals surface area (Å²) >= 11 is 5.78. The van der Waals surface area contributed by atoms with Crippen molar-refractivity contribution in [2.75, 3.05) is 5.32 Å². The van der Waals surface area contributed by atoms with Gasteiger partial charge in [0.25, 0.3) is 0 Å². The highest BCUT2D eigenvalue weighted by atomic mass is 35.5. The van der Waals surface area contributed by atoms with Crippen LogP contribution in [0.3, 0.4) is 0 Å². The van der Waals surface area contributed by atoms with Gasteiger partial charge in [0.2, 0.25) is 0 Å². The topological polar surface area (TPSA) is 49.3 Å². The van der Waals surface area contributed by atoms with E-state index in [1.165, 1.54) is 6.08 Å². The highest BCUT2D eigenvalue weighted by Crippen LogP contribution is 2.16. The van der Waals surface area contributed by atoms with E-state index in [0.717, 1.165) is 11.4 Å². The fourth-order valence-electron chi connectivity index (χ4n) is 1.70. The van der Waals surface area contributed by atoms with E-state index in [1.807, 2.05) is 0 Å². The molecule has 0 aliphatic heterocycles. The Balaban J connectivity index is 2.07. The Hall–Kier alpha value is -2.26. The first-order valence-corrected chi connectivity index (χ1v) is 6.46. The molecule has 2 aromatic rings. The molecule has 0 atom stereocenters. The first-order chi connectivity index (χ1) is 9.54. The van der Waals surface area contributed by atoms with Crippen LogP contribution in [-0.4, -0.2) is 10.9 Å². The zero-order chi connectivity index (χ0) is 14.5. The minimum atomic E-state index is -0.0922. The Bertz CT molecular complexity index is 631. The number of ketones is 1. The van der Waals surface area contributed by atoms with Gasteiger partial charge in [0.15, 0.2) is 5.78 Å². The van der Waals surface area contributed by atoms with Crippen LogP contribution < -0.4 is 5.32 Å². The maximum atomic E-state index is 12.0. The lowest BCUT2D eigenvalue weighted by Crippen LogP contribution is -2.01. The number of phenolic OH excluding ortho intramolecular Hbond substituents is 1. The van der Waals surface area contributed by atoms with Gasteiger partial charge < -0.3 is 10.4 Å². The van der Waals surface area contributed by atoms with Crippen molar-refractivity contribution in [3.8, 4) is 5.75 Å². The predicted molar refractivity (Wildman–Crippen MR) is 81.3 cm³/mol. The van der Waals surface area contributed by atoms with Crippen LogP contribution in [0.5, 0.6) is 5.75 Å². The molecular weight excluding hydrogens is 274 g/mol.